The van der Waals surface area contributed by atoms with E-state index in [4.69, 9.17) is 5.84 Å². The largest absolute Gasteiger partial charge is 0.308 e. The molecule has 20 heavy (non-hydrogen) atoms. The van der Waals surface area contributed by atoms with Crippen molar-refractivity contribution >= 4 is 17.6 Å². The Morgan fingerprint density at radius 3 is 2.65 bits per heavy atom. The summed E-state index contributed by atoms with van der Waals surface area (Å²) < 4.78 is 0. The number of nitrogens with one attached hydrogen (secondary N) is 1. The van der Waals surface area contributed by atoms with Gasteiger partial charge in [0.15, 0.2) is 5.82 Å². The lowest BCUT2D eigenvalue weighted by Gasteiger charge is -2.10. The predicted octanol–water partition coefficient (Wildman–Crippen LogP) is 3.57. The van der Waals surface area contributed by atoms with Crippen molar-refractivity contribution in [3.63, 3.8) is 0 Å². The van der Waals surface area contributed by atoms with Gasteiger partial charge in [0.1, 0.15) is 10.8 Å². The van der Waals surface area contributed by atoms with Crippen LogP contribution in [0.3, 0.4) is 0 Å². The van der Waals surface area contributed by atoms with E-state index in [1.165, 1.54) is 6.42 Å². The minimum atomic E-state index is 0.644. The second kappa shape index (κ2) is 7.26. The van der Waals surface area contributed by atoms with Crippen LogP contribution >= 0.6 is 11.8 Å². The van der Waals surface area contributed by atoms with E-state index in [0.29, 0.717) is 17.6 Å². The van der Waals surface area contributed by atoms with Gasteiger partial charge in [0.2, 0.25) is 0 Å². The average Bonchev–Trinajstić information content (AvgIpc) is 2.53. The molecule has 0 bridgehead atoms. The first-order valence-corrected chi connectivity index (χ1v) is 7.75. The number of aromatic nitrogens is 2. The Labute approximate surface area is 124 Å². The molecular formula is C15H20N4S. The monoisotopic (exact) mass is 288 g/mol. The van der Waals surface area contributed by atoms with E-state index in [-0.39, 0.29) is 0 Å². The number of anilines is 1. The summed E-state index contributed by atoms with van der Waals surface area (Å²) in [7, 11) is 0. The molecule has 0 aliphatic carbocycles. The van der Waals surface area contributed by atoms with E-state index < -0.39 is 0 Å². The SMILES string of the molecule is CCC(C)CSc1cc(NN)nc(-c2ccccc2)n1. The third-order valence-electron chi connectivity index (χ3n) is 3.10. The fourth-order valence-corrected chi connectivity index (χ4v) is 2.67. The van der Waals surface area contributed by atoms with Gasteiger partial charge in [-0.2, -0.15) is 0 Å². The first-order valence-electron chi connectivity index (χ1n) is 6.76. The summed E-state index contributed by atoms with van der Waals surface area (Å²) in [6.07, 6.45) is 1.17. The molecular weight excluding hydrogens is 268 g/mol. The van der Waals surface area contributed by atoms with Crippen molar-refractivity contribution in [2.45, 2.75) is 25.3 Å². The molecule has 3 N–H and O–H groups in total. The van der Waals surface area contributed by atoms with E-state index in [1.54, 1.807) is 11.8 Å². The zero-order chi connectivity index (χ0) is 14.4. The number of hydrogen-bond acceptors (Lipinski definition) is 5. The highest BCUT2D eigenvalue weighted by molar-refractivity contribution is 7.99. The van der Waals surface area contributed by atoms with Gasteiger partial charge in [-0.05, 0) is 5.92 Å². The summed E-state index contributed by atoms with van der Waals surface area (Å²) in [4.78, 5) is 9.02. The van der Waals surface area contributed by atoms with Crippen LogP contribution in [0.25, 0.3) is 11.4 Å². The Morgan fingerprint density at radius 1 is 1.25 bits per heavy atom. The number of nitrogen functional groups attached to an aromatic ring is 1. The fraction of sp³-hybridized carbons (Fsp3) is 0.333. The highest BCUT2D eigenvalue weighted by atomic mass is 32.2. The Morgan fingerprint density at radius 2 is 2.00 bits per heavy atom. The van der Waals surface area contributed by atoms with Crippen molar-refractivity contribution < 1.29 is 0 Å². The molecule has 0 fully saturated rings. The Balaban J connectivity index is 2.25. The molecule has 1 aromatic heterocycles. The molecule has 0 spiro atoms. The topological polar surface area (TPSA) is 63.8 Å². The molecule has 4 nitrogen and oxygen atoms in total. The van der Waals surface area contributed by atoms with Crippen LogP contribution < -0.4 is 11.3 Å². The molecule has 2 aromatic rings. The van der Waals surface area contributed by atoms with Crippen molar-refractivity contribution in [2.24, 2.45) is 11.8 Å². The van der Waals surface area contributed by atoms with Gasteiger partial charge in [0.05, 0.1) is 0 Å². The number of hydrazine groups is 1. The lowest BCUT2D eigenvalue weighted by Crippen LogP contribution is -2.10. The molecule has 1 atom stereocenters. The summed E-state index contributed by atoms with van der Waals surface area (Å²) >= 11 is 1.74. The molecule has 2 rings (SSSR count). The van der Waals surface area contributed by atoms with Crippen LogP contribution in [0.2, 0.25) is 0 Å². The maximum absolute atomic E-state index is 5.50. The summed E-state index contributed by atoms with van der Waals surface area (Å²) in [6, 6.07) is 11.8. The second-order valence-electron chi connectivity index (χ2n) is 4.75. The van der Waals surface area contributed by atoms with Crippen molar-refractivity contribution in [3.05, 3.63) is 36.4 Å². The normalized spacial score (nSPS) is 12.2. The predicted molar refractivity (Wildman–Crippen MR) is 85.5 cm³/mol. The Kier molecular flexibility index (Phi) is 5.38. The standard InChI is InChI=1S/C15H20N4S/c1-3-11(2)10-20-14-9-13(19-16)17-15(18-14)12-7-5-4-6-8-12/h4-9,11H,3,10,16H2,1-2H3,(H,17,18,19). The molecule has 5 heteroatoms. The smallest absolute Gasteiger partial charge is 0.162 e. The van der Waals surface area contributed by atoms with Gasteiger partial charge >= 0.3 is 0 Å². The van der Waals surface area contributed by atoms with Crippen LogP contribution in [0.4, 0.5) is 5.82 Å². The number of nitrogens with two attached hydrogens (primary N) is 1. The van der Waals surface area contributed by atoms with Crippen molar-refractivity contribution in [1.82, 2.24) is 9.97 Å². The van der Waals surface area contributed by atoms with Crippen LogP contribution in [0, 0.1) is 5.92 Å². The lowest BCUT2D eigenvalue weighted by atomic mass is 10.2. The summed E-state index contributed by atoms with van der Waals surface area (Å²) in [5.41, 5.74) is 3.61. The Bertz CT molecular complexity index is 545. The molecule has 1 unspecified atom stereocenters. The quantitative estimate of drug-likeness (QED) is 0.368. The summed E-state index contributed by atoms with van der Waals surface area (Å²) in [5, 5.41) is 0.951. The lowest BCUT2D eigenvalue weighted by molar-refractivity contribution is 0.636. The average molecular weight is 288 g/mol. The third-order valence-corrected chi connectivity index (χ3v) is 4.34. The van der Waals surface area contributed by atoms with Crippen molar-refractivity contribution in [2.75, 3.05) is 11.2 Å². The third kappa shape index (κ3) is 3.95. The zero-order valence-electron chi connectivity index (χ0n) is 11.8. The van der Waals surface area contributed by atoms with Gasteiger partial charge in [0.25, 0.3) is 0 Å². The molecule has 0 saturated carbocycles. The van der Waals surface area contributed by atoms with E-state index >= 15 is 0 Å². The molecule has 1 aromatic carbocycles. The number of benzene rings is 1. The van der Waals surface area contributed by atoms with E-state index in [1.807, 2.05) is 36.4 Å². The van der Waals surface area contributed by atoms with Crippen molar-refractivity contribution in [3.8, 4) is 11.4 Å². The first-order chi connectivity index (χ1) is 9.72. The van der Waals surface area contributed by atoms with E-state index in [2.05, 4.69) is 29.2 Å². The molecule has 0 saturated heterocycles. The minimum absolute atomic E-state index is 0.644. The van der Waals surface area contributed by atoms with Gasteiger partial charge in [-0.1, -0.05) is 50.6 Å². The van der Waals surface area contributed by atoms with Gasteiger partial charge in [-0.25, -0.2) is 15.8 Å². The molecule has 0 amide bonds. The van der Waals surface area contributed by atoms with Gasteiger partial charge in [-0.15, -0.1) is 11.8 Å². The number of nitrogens with zero attached hydrogens (tertiary/aromatic N) is 2. The van der Waals surface area contributed by atoms with Crippen LogP contribution in [-0.2, 0) is 0 Å². The first kappa shape index (κ1) is 14.8. The van der Waals surface area contributed by atoms with Crippen LogP contribution in [-0.4, -0.2) is 15.7 Å². The maximum Gasteiger partial charge on any atom is 0.162 e. The van der Waals surface area contributed by atoms with E-state index in [9.17, 15) is 0 Å². The zero-order valence-corrected chi connectivity index (χ0v) is 12.7. The van der Waals surface area contributed by atoms with Crippen LogP contribution in [0.1, 0.15) is 20.3 Å². The number of hydrogen-bond donors (Lipinski definition) is 2. The number of thioether (sulfide) groups is 1. The number of rotatable bonds is 6. The van der Waals surface area contributed by atoms with Gasteiger partial charge in [0, 0.05) is 17.4 Å². The Hall–Kier alpha value is -1.59. The van der Waals surface area contributed by atoms with Gasteiger partial charge < -0.3 is 5.43 Å². The van der Waals surface area contributed by atoms with Crippen LogP contribution in [0.15, 0.2) is 41.4 Å². The second-order valence-corrected chi connectivity index (χ2v) is 5.79. The minimum Gasteiger partial charge on any atom is -0.308 e. The van der Waals surface area contributed by atoms with Gasteiger partial charge in [-0.3, -0.25) is 0 Å². The molecule has 0 aliphatic heterocycles. The molecule has 0 aliphatic rings. The van der Waals surface area contributed by atoms with E-state index in [0.717, 1.165) is 16.3 Å². The summed E-state index contributed by atoms with van der Waals surface area (Å²) in [6.45, 7) is 4.45. The fourth-order valence-electron chi connectivity index (χ4n) is 1.63. The van der Waals surface area contributed by atoms with Crippen molar-refractivity contribution in [1.29, 1.82) is 0 Å². The highest BCUT2D eigenvalue weighted by Crippen LogP contribution is 2.25. The summed E-state index contributed by atoms with van der Waals surface area (Å²) in [5.74, 6) is 8.56. The molecule has 106 valence electrons. The molecule has 0 radical (unpaired) electrons. The highest BCUT2D eigenvalue weighted by Gasteiger charge is 2.08. The van der Waals surface area contributed by atoms with Crippen LogP contribution in [0.5, 0.6) is 0 Å². The maximum atomic E-state index is 5.50. The molecule has 1 heterocycles.